The van der Waals surface area contributed by atoms with Crippen LogP contribution in [-0.2, 0) is 0 Å². The standard InChI is InChI=1S/C10H11BrN2OS2/c1-14-6-4-8(16-5-6)9(13-12)10-7(11)2-3-15-10/h2-5,9,13H,12H2,1H3. The molecule has 0 saturated carbocycles. The van der Waals surface area contributed by atoms with Gasteiger partial charge in [-0.3, -0.25) is 5.84 Å². The predicted octanol–water partition coefficient (Wildman–Crippen LogP) is 3.13. The summed E-state index contributed by atoms with van der Waals surface area (Å²) in [6.07, 6.45) is 0. The van der Waals surface area contributed by atoms with Gasteiger partial charge < -0.3 is 4.74 Å². The molecule has 86 valence electrons. The molecule has 0 saturated heterocycles. The highest BCUT2D eigenvalue weighted by Gasteiger charge is 2.18. The molecule has 0 fully saturated rings. The number of nitrogens with two attached hydrogens (primary N) is 1. The van der Waals surface area contributed by atoms with Crippen LogP contribution in [0.2, 0.25) is 0 Å². The zero-order chi connectivity index (χ0) is 11.5. The summed E-state index contributed by atoms with van der Waals surface area (Å²) in [5, 5.41) is 4.01. The predicted molar refractivity (Wildman–Crippen MR) is 72.1 cm³/mol. The molecular weight excluding hydrogens is 308 g/mol. The number of hydrazine groups is 1. The molecule has 6 heteroatoms. The van der Waals surface area contributed by atoms with E-state index in [1.807, 2.05) is 22.9 Å². The number of thiophene rings is 2. The van der Waals surface area contributed by atoms with E-state index in [4.69, 9.17) is 10.6 Å². The first-order chi connectivity index (χ1) is 7.76. The highest BCUT2D eigenvalue weighted by Crippen LogP contribution is 2.36. The minimum atomic E-state index is 0.0169. The SMILES string of the molecule is COc1csc(C(NN)c2sccc2Br)c1. The molecule has 0 amide bonds. The second-order valence-electron chi connectivity index (χ2n) is 3.12. The summed E-state index contributed by atoms with van der Waals surface area (Å²) in [5.74, 6) is 6.49. The Morgan fingerprint density at radius 3 is 2.81 bits per heavy atom. The Morgan fingerprint density at radius 2 is 2.31 bits per heavy atom. The van der Waals surface area contributed by atoms with E-state index in [1.54, 1.807) is 29.8 Å². The van der Waals surface area contributed by atoms with Gasteiger partial charge in [0, 0.05) is 19.6 Å². The van der Waals surface area contributed by atoms with E-state index < -0.39 is 0 Å². The first kappa shape index (κ1) is 12.1. The van der Waals surface area contributed by atoms with Crippen LogP contribution in [0.5, 0.6) is 5.75 Å². The van der Waals surface area contributed by atoms with Gasteiger partial charge in [-0.05, 0) is 33.4 Å². The maximum absolute atomic E-state index is 5.62. The van der Waals surface area contributed by atoms with Crippen molar-refractivity contribution in [2.45, 2.75) is 6.04 Å². The second-order valence-corrected chi connectivity index (χ2v) is 5.87. The minimum Gasteiger partial charge on any atom is -0.496 e. The summed E-state index contributed by atoms with van der Waals surface area (Å²) in [7, 11) is 1.66. The van der Waals surface area contributed by atoms with Crippen molar-refractivity contribution in [1.82, 2.24) is 5.43 Å². The molecule has 1 atom stereocenters. The average molecular weight is 319 g/mol. The van der Waals surface area contributed by atoms with Gasteiger partial charge in [-0.15, -0.1) is 22.7 Å². The van der Waals surface area contributed by atoms with Crippen LogP contribution < -0.4 is 16.0 Å². The molecule has 0 aliphatic heterocycles. The first-order valence-corrected chi connectivity index (χ1v) is 7.13. The van der Waals surface area contributed by atoms with Crippen LogP contribution in [0.15, 0.2) is 27.4 Å². The average Bonchev–Trinajstić information content (AvgIpc) is 2.90. The quantitative estimate of drug-likeness (QED) is 0.672. The van der Waals surface area contributed by atoms with Crippen LogP contribution in [-0.4, -0.2) is 7.11 Å². The normalized spacial score (nSPS) is 12.7. The van der Waals surface area contributed by atoms with Crippen LogP contribution >= 0.6 is 38.6 Å². The van der Waals surface area contributed by atoms with Crippen LogP contribution in [0.4, 0.5) is 0 Å². The Bertz CT molecular complexity index is 469. The van der Waals surface area contributed by atoms with Gasteiger partial charge >= 0.3 is 0 Å². The largest absolute Gasteiger partial charge is 0.496 e. The van der Waals surface area contributed by atoms with Crippen molar-refractivity contribution >= 4 is 38.6 Å². The number of methoxy groups -OCH3 is 1. The fourth-order valence-electron chi connectivity index (χ4n) is 1.39. The summed E-state index contributed by atoms with van der Waals surface area (Å²) >= 11 is 6.82. The molecule has 3 nitrogen and oxygen atoms in total. The van der Waals surface area contributed by atoms with Gasteiger partial charge in [-0.25, -0.2) is 5.43 Å². The molecule has 2 rings (SSSR count). The van der Waals surface area contributed by atoms with Gasteiger partial charge in [-0.2, -0.15) is 0 Å². The highest BCUT2D eigenvalue weighted by atomic mass is 79.9. The van der Waals surface area contributed by atoms with Gasteiger partial charge in [0.15, 0.2) is 0 Å². The highest BCUT2D eigenvalue weighted by molar-refractivity contribution is 9.10. The lowest BCUT2D eigenvalue weighted by molar-refractivity contribution is 0.416. The van der Waals surface area contributed by atoms with Crippen molar-refractivity contribution in [2.24, 2.45) is 5.84 Å². The third-order valence-electron chi connectivity index (χ3n) is 2.19. The third-order valence-corrected chi connectivity index (χ3v) is 5.10. The third kappa shape index (κ3) is 2.31. The van der Waals surface area contributed by atoms with Crippen LogP contribution in [0.25, 0.3) is 0 Å². The summed E-state index contributed by atoms with van der Waals surface area (Å²) in [6, 6.07) is 4.04. The first-order valence-electron chi connectivity index (χ1n) is 4.57. The molecule has 0 aliphatic carbocycles. The molecule has 16 heavy (non-hydrogen) atoms. The van der Waals surface area contributed by atoms with E-state index in [0.717, 1.165) is 15.1 Å². The van der Waals surface area contributed by atoms with E-state index >= 15 is 0 Å². The molecule has 0 aromatic carbocycles. The topological polar surface area (TPSA) is 47.3 Å². The van der Waals surface area contributed by atoms with Crippen LogP contribution in [0.3, 0.4) is 0 Å². The Kier molecular flexibility index (Phi) is 3.99. The summed E-state index contributed by atoms with van der Waals surface area (Å²) in [4.78, 5) is 2.31. The Balaban J connectivity index is 2.32. The smallest absolute Gasteiger partial charge is 0.129 e. The second kappa shape index (κ2) is 5.29. The van der Waals surface area contributed by atoms with E-state index in [2.05, 4.69) is 21.4 Å². The monoisotopic (exact) mass is 318 g/mol. The van der Waals surface area contributed by atoms with E-state index in [-0.39, 0.29) is 6.04 Å². The van der Waals surface area contributed by atoms with Crippen molar-refractivity contribution in [1.29, 1.82) is 0 Å². The fraction of sp³-hybridized carbons (Fsp3) is 0.200. The van der Waals surface area contributed by atoms with Crippen molar-refractivity contribution in [2.75, 3.05) is 7.11 Å². The summed E-state index contributed by atoms with van der Waals surface area (Å²) < 4.78 is 6.25. The zero-order valence-corrected chi connectivity index (χ0v) is 11.8. The zero-order valence-electron chi connectivity index (χ0n) is 8.57. The van der Waals surface area contributed by atoms with Crippen molar-refractivity contribution in [3.8, 4) is 5.75 Å². The Labute approximate surface area is 110 Å². The van der Waals surface area contributed by atoms with Gasteiger partial charge in [-0.1, -0.05) is 0 Å². The molecule has 2 aromatic heterocycles. The van der Waals surface area contributed by atoms with E-state index in [0.29, 0.717) is 0 Å². The van der Waals surface area contributed by atoms with E-state index in [1.165, 1.54) is 4.88 Å². The summed E-state index contributed by atoms with van der Waals surface area (Å²) in [5.41, 5.74) is 2.83. The maximum atomic E-state index is 5.62. The maximum Gasteiger partial charge on any atom is 0.129 e. The van der Waals surface area contributed by atoms with Gasteiger partial charge in [0.2, 0.25) is 0 Å². The van der Waals surface area contributed by atoms with Gasteiger partial charge in [0.05, 0.1) is 13.2 Å². The molecule has 2 aromatic rings. The van der Waals surface area contributed by atoms with Crippen molar-refractivity contribution in [3.63, 3.8) is 0 Å². The number of halogens is 1. The number of hydrogen-bond donors (Lipinski definition) is 2. The molecule has 1 unspecified atom stereocenters. The van der Waals surface area contributed by atoms with Crippen LogP contribution in [0.1, 0.15) is 15.8 Å². The Hall–Kier alpha value is -0.400. The molecule has 0 radical (unpaired) electrons. The Morgan fingerprint density at radius 1 is 1.50 bits per heavy atom. The lowest BCUT2D eigenvalue weighted by atomic mass is 10.2. The molecule has 2 heterocycles. The molecular formula is C10H11BrN2OS2. The molecule has 0 aliphatic rings. The molecule has 3 N–H and O–H groups in total. The number of ether oxygens (including phenoxy) is 1. The summed E-state index contributed by atoms with van der Waals surface area (Å²) in [6.45, 7) is 0. The van der Waals surface area contributed by atoms with Crippen molar-refractivity contribution < 1.29 is 4.74 Å². The van der Waals surface area contributed by atoms with E-state index in [9.17, 15) is 0 Å². The number of hydrogen-bond acceptors (Lipinski definition) is 5. The fourth-order valence-corrected chi connectivity index (χ4v) is 4.07. The van der Waals surface area contributed by atoms with Crippen LogP contribution in [0, 0.1) is 0 Å². The minimum absolute atomic E-state index is 0.0169. The molecule has 0 spiro atoms. The van der Waals surface area contributed by atoms with Crippen molar-refractivity contribution in [3.05, 3.63) is 37.1 Å². The number of nitrogens with one attached hydrogen (secondary N) is 1. The lowest BCUT2D eigenvalue weighted by Gasteiger charge is -2.12. The van der Waals surface area contributed by atoms with Gasteiger partial charge in [0.25, 0.3) is 0 Å². The number of rotatable bonds is 4. The lowest BCUT2D eigenvalue weighted by Crippen LogP contribution is -2.27. The molecule has 0 bridgehead atoms. The van der Waals surface area contributed by atoms with Gasteiger partial charge in [0.1, 0.15) is 5.75 Å².